The summed E-state index contributed by atoms with van der Waals surface area (Å²) in [5.41, 5.74) is 0.887. The normalized spacial score (nSPS) is 10.1. The van der Waals surface area contributed by atoms with E-state index in [9.17, 15) is 9.18 Å². The molecule has 2 rings (SSSR count). The Labute approximate surface area is 104 Å². The maximum atomic E-state index is 13.7. The highest BCUT2D eigenvalue weighted by molar-refractivity contribution is 5.97. The summed E-state index contributed by atoms with van der Waals surface area (Å²) in [4.78, 5) is 15.8. The molecule has 0 fully saturated rings. The molecule has 0 spiro atoms. The van der Waals surface area contributed by atoms with Gasteiger partial charge in [-0.05, 0) is 29.8 Å². The van der Waals surface area contributed by atoms with E-state index in [-0.39, 0.29) is 17.8 Å². The van der Waals surface area contributed by atoms with Crippen molar-refractivity contribution in [3.8, 4) is 5.75 Å². The van der Waals surface area contributed by atoms with Gasteiger partial charge in [-0.2, -0.15) is 0 Å². The Hall–Kier alpha value is -2.23. The topological polar surface area (TPSA) is 39.2 Å². The van der Waals surface area contributed by atoms with E-state index in [4.69, 9.17) is 4.74 Å². The number of benzene rings is 1. The molecule has 0 saturated heterocycles. The summed E-state index contributed by atoms with van der Waals surface area (Å²) in [6.45, 7) is 0. The third-order valence-electron chi connectivity index (χ3n) is 2.59. The minimum absolute atomic E-state index is 0.0765. The van der Waals surface area contributed by atoms with Gasteiger partial charge in [0.1, 0.15) is 11.6 Å². The Morgan fingerprint density at radius 1 is 1.28 bits per heavy atom. The van der Waals surface area contributed by atoms with Crippen LogP contribution in [-0.4, -0.2) is 17.9 Å². The highest BCUT2D eigenvalue weighted by Gasteiger charge is 2.13. The summed E-state index contributed by atoms with van der Waals surface area (Å²) < 4.78 is 18.6. The van der Waals surface area contributed by atoms with Gasteiger partial charge < -0.3 is 4.74 Å². The number of rotatable bonds is 4. The van der Waals surface area contributed by atoms with Crippen molar-refractivity contribution >= 4 is 5.78 Å². The molecule has 2 aromatic rings. The van der Waals surface area contributed by atoms with Crippen molar-refractivity contribution in [2.24, 2.45) is 0 Å². The summed E-state index contributed by atoms with van der Waals surface area (Å²) in [5, 5.41) is 0. The molecule has 0 atom stereocenters. The fraction of sp³-hybridized carbons (Fsp3) is 0.143. The number of carbonyl (C=O) groups excluding carboxylic acids is 1. The smallest absolute Gasteiger partial charge is 0.170 e. The lowest BCUT2D eigenvalue weighted by Crippen LogP contribution is -2.06. The van der Waals surface area contributed by atoms with Crippen molar-refractivity contribution in [1.82, 2.24) is 4.98 Å². The van der Waals surface area contributed by atoms with Gasteiger partial charge in [0.05, 0.1) is 12.7 Å². The number of hydrogen-bond acceptors (Lipinski definition) is 3. The Balaban J connectivity index is 2.19. The van der Waals surface area contributed by atoms with Gasteiger partial charge in [0.2, 0.25) is 0 Å². The molecule has 3 nitrogen and oxygen atoms in total. The number of hydrogen-bond donors (Lipinski definition) is 0. The predicted molar refractivity (Wildman–Crippen MR) is 65.2 cm³/mol. The van der Waals surface area contributed by atoms with Gasteiger partial charge in [-0.25, -0.2) is 4.39 Å². The van der Waals surface area contributed by atoms with E-state index in [1.54, 1.807) is 30.6 Å². The molecule has 92 valence electrons. The van der Waals surface area contributed by atoms with Crippen LogP contribution in [0.25, 0.3) is 0 Å². The fourth-order valence-corrected chi connectivity index (χ4v) is 1.63. The number of nitrogens with zero attached hydrogens (tertiary/aromatic N) is 1. The number of methoxy groups -OCH3 is 1. The number of pyridine rings is 1. The van der Waals surface area contributed by atoms with Crippen molar-refractivity contribution in [3.05, 3.63) is 59.7 Å². The van der Waals surface area contributed by atoms with Crippen LogP contribution in [-0.2, 0) is 6.42 Å². The largest absolute Gasteiger partial charge is 0.497 e. The van der Waals surface area contributed by atoms with E-state index in [0.717, 1.165) is 5.56 Å². The molecule has 0 amide bonds. The second kappa shape index (κ2) is 5.40. The molecule has 0 bridgehead atoms. The van der Waals surface area contributed by atoms with Crippen molar-refractivity contribution in [3.63, 3.8) is 0 Å². The first-order valence-corrected chi connectivity index (χ1v) is 5.46. The number of aromatic nitrogens is 1. The molecule has 0 N–H and O–H groups in total. The standard InChI is InChI=1S/C14H12FNO2/c1-18-11-2-3-12(13(15)9-11)14(17)8-10-4-6-16-7-5-10/h2-7,9H,8H2,1H3. The summed E-state index contributed by atoms with van der Waals surface area (Å²) >= 11 is 0. The van der Waals surface area contributed by atoms with Gasteiger partial charge in [-0.1, -0.05) is 0 Å². The first-order chi connectivity index (χ1) is 8.70. The van der Waals surface area contributed by atoms with Crippen molar-refractivity contribution < 1.29 is 13.9 Å². The lowest BCUT2D eigenvalue weighted by Gasteiger charge is -2.05. The number of carbonyl (C=O) groups is 1. The zero-order chi connectivity index (χ0) is 13.0. The monoisotopic (exact) mass is 245 g/mol. The minimum atomic E-state index is -0.562. The molecule has 0 aliphatic heterocycles. The molecule has 4 heteroatoms. The zero-order valence-electron chi connectivity index (χ0n) is 9.89. The number of Topliss-reactive ketones (excluding diaryl/α,β-unsaturated/α-hetero) is 1. The van der Waals surface area contributed by atoms with E-state index >= 15 is 0 Å². The fourth-order valence-electron chi connectivity index (χ4n) is 1.63. The molecule has 0 unspecified atom stereocenters. The lowest BCUT2D eigenvalue weighted by atomic mass is 10.0. The van der Waals surface area contributed by atoms with E-state index in [2.05, 4.69) is 4.98 Å². The quantitative estimate of drug-likeness (QED) is 0.777. The summed E-state index contributed by atoms with van der Waals surface area (Å²) in [7, 11) is 1.45. The van der Waals surface area contributed by atoms with Crippen LogP contribution >= 0.6 is 0 Å². The lowest BCUT2D eigenvalue weighted by molar-refractivity contribution is 0.0989. The second-order valence-electron chi connectivity index (χ2n) is 3.80. The Kier molecular flexibility index (Phi) is 3.67. The molecule has 0 aliphatic rings. The predicted octanol–water partition coefficient (Wildman–Crippen LogP) is 2.65. The van der Waals surface area contributed by atoms with Crippen molar-refractivity contribution in [1.29, 1.82) is 0 Å². The van der Waals surface area contributed by atoms with Crippen molar-refractivity contribution in [2.45, 2.75) is 6.42 Å². The number of ketones is 1. The maximum Gasteiger partial charge on any atom is 0.170 e. The van der Waals surface area contributed by atoms with E-state index in [1.807, 2.05) is 0 Å². The third-order valence-corrected chi connectivity index (χ3v) is 2.59. The molecule has 18 heavy (non-hydrogen) atoms. The summed E-state index contributed by atoms with van der Waals surface area (Å²) in [5.74, 6) is -0.428. The van der Waals surface area contributed by atoms with E-state index in [1.165, 1.54) is 19.2 Å². The molecular weight excluding hydrogens is 233 g/mol. The molecule has 1 heterocycles. The van der Waals surface area contributed by atoms with Gasteiger partial charge in [-0.15, -0.1) is 0 Å². The Morgan fingerprint density at radius 3 is 2.61 bits per heavy atom. The molecule has 0 saturated carbocycles. The highest BCUT2D eigenvalue weighted by atomic mass is 19.1. The minimum Gasteiger partial charge on any atom is -0.497 e. The van der Waals surface area contributed by atoms with Gasteiger partial charge in [0.15, 0.2) is 5.78 Å². The van der Waals surface area contributed by atoms with Crippen LogP contribution < -0.4 is 4.74 Å². The van der Waals surface area contributed by atoms with Crippen LogP contribution in [0.3, 0.4) is 0 Å². The second-order valence-corrected chi connectivity index (χ2v) is 3.80. The highest BCUT2D eigenvalue weighted by Crippen LogP contribution is 2.17. The van der Waals surface area contributed by atoms with Gasteiger partial charge in [-0.3, -0.25) is 9.78 Å². The SMILES string of the molecule is COc1ccc(C(=O)Cc2ccncc2)c(F)c1. The van der Waals surface area contributed by atoms with Crippen LogP contribution in [0.15, 0.2) is 42.7 Å². The molecule has 0 aliphatic carbocycles. The molecular formula is C14H12FNO2. The zero-order valence-corrected chi connectivity index (χ0v) is 9.89. The summed E-state index contributed by atoms with van der Waals surface area (Å²) in [6, 6.07) is 7.69. The number of ether oxygens (including phenoxy) is 1. The van der Waals surface area contributed by atoms with Crippen LogP contribution in [0.2, 0.25) is 0 Å². The van der Waals surface area contributed by atoms with Crippen molar-refractivity contribution in [2.75, 3.05) is 7.11 Å². The average molecular weight is 245 g/mol. The van der Waals surface area contributed by atoms with Crippen LogP contribution in [0, 0.1) is 5.82 Å². The van der Waals surface area contributed by atoms with Crippen LogP contribution in [0.1, 0.15) is 15.9 Å². The van der Waals surface area contributed by atoms with Crippen LogP contribution in [0.5, 0.6) is 5.75 Å². The first kappa shape index (κ1) is 12.2. The van der Waals surface area contributed by atoms with Gasteiger partial charge in [0, 0.05) is 24.9 Å². The van der Waals surface area contributed by atoms with Gasteiger partial charge >= 0.3 is 0 Å². The summed E-state index contributed by atoms with van der Waals surface area (Å²) in [6.07, 6.45) is 3.37. The molecule has 1 aromatic heterocycles. The van der Waals surface area contributed by atoms with E-state index in [0.29, 0.717) is 5.75 Å². The first-order valence-electron chi connectivity index (χ1n) is 5.46. The Morgan fingerprint density at radius 2 is 2.00 bits per heavy atom. The molecule has 1 aromatic carbocycles. The maximum absolute atomic E-state index is 13.7. The molecule has 0 radical (unpaired) electrons. The number of halogens is 1. The van der Waals surface area contributed by atoms with E-state index < -0.39 is 5.82 Å². The Bertz CT molecular complexity index is 555. The average Bonchev–Trinajstić information content (AvgIpc) is 2.39. The third kappa shape index (κ3) is 2.71. The van der Waals surface area contributed by atoms with Crippen LogP contribution in [0.4, 0.5) is 4.39 Å². The van der Waals surface area contributed by atoms with Gasteiger partial charge in [0.25, 0.3) is 0 Å².